The minimum atomic E-state index is -0.0142. The van der Waals surface area contributed by atoms with E-state index in [9.17, 15) is 4.79 Å². The zero-order valence-electron chi connectivity index (χ0n) is 24.7. The summed E-state index contributed by atoms with van der Waals surface area (Å²) >= 11 is 6.02. The maximum atomic E-state index is 12.2. The van der Waals surface area contributed by atoms with Gasteiger partial charge in [-0.1, -0.05) is 76.6 Å². The molecule has 0 aromatic heterocycles. The molecule has 1 atom stereocenters. The van der Waals surface area contributed by atoms with E-state index in [0.29, 0.717) is 50.5 Å². The summed E-state index contributed by atoms with van der Waals surface area (Å²) in [5.74, 6) is 0.808. The summed E-state index contributed by atoms with van der Waals surface area (Å²) in [6.45, 7) is 19.4. The largest absolute Gasteiger partial charge is 0.492 e. The molecule has 0 radical (unpaired) electrons. The Hall–Kier alpha value is -2.37. The standard InChI is InChI=1S/C27H41ClN2O3.2C2H6/c1-6-12-24(28)14-10-11-15-27(31)30-25(13-7-2)18-19-29-22-23(8-3)16-17-26(9-4)33-21-20-32-5;2*1-2/h7-10,12,14,16-17,19,25H,2,6,11,13,15,18,20-22H2,1,3-5H3,(H,30,31);2*1-2H3/b14-10-,17-16-,23-8-,24-12+,26-9-,29-19?;;. The third-order valence-corrected chi connectivity index (χ3v) is 4.78. The molecule has 1 unspecified atom stereocenters. The number of aliphatic imine (C=N–C) groups is 1. The van der Waals surface area contributed by atoms with E-state index >= 15 is 0 Å². The van der Waals surface area contributed by atoms with Gasteiger partial charge >= 0.3 is 0 Å². The summed E-state index contributed by atoms with van der Waals surface area (Å²) in [5.41, 5.74) is 1.08. The predicted octanol–water partition coefficient (Wildman–Crippen LogP) is 8.50. The number of halogens is 1. The fourth-order valence-corrected chi connectivity index (χ4v) is 2.90. The highest BCUT2D eigenvalue weighted by Gasteiger charge is 2.09. The first-order valence-corrected chi connectivity index (χ1v) is 13.9. The number of hydrogen-bond acceptors (Lipinski definition) is 4. The highest BCUT2D eigenvalue weighted by Crippen LogP contribution is 2.07. The average molecular weight is 537 g/mol. The van der Waals surface area contributed by atoms with Crippen LogP contribution in [0.3, 0.4) is 0 Å². The fourth-order valence-electron chi connectivity index (χ4n) is 2.66. The third-order valence-electron chi connectivity index (χ3n) is 4.50. The van der Waals surface area contributed by atoms with E-state index in [2.05, 4.69) is 16.9 Å². The third kappa shape index (κ3) is 26.5. The van der Waals surface area contributed by atoms with Crippen LogP contribution in [0.4, 0.5) is 0 Å². The van der Waals surface area contributed by atoms with Crippen molar-refractivity contribution >= 4 is 23.7 Å². The zero-order valence-corrected chi connectivity index (χ0v) is 25.4. The van der Waals surface area contributed by atoms with Gasteiger partial charge in [0.25, 0.3) is 0 Å². The molecule has 5 nitrogen and oxygen atoms in total. The van der Waals surface area contributed by atoms with Gasteiger partial charge in [-0.15, -0.1) is 6.58 Å². The second-order valence-corrected chi connectivity index (χ2v) is 7.65. The summed E-state index contributed by atoms with van der Waals surface area (Å²) in [5, 5.41) is 3.76. The number of amides is 1. The van der Waals surface area contributed by atoms with Gasteiger partial charge in [-0.05, 0) is 56.9 Å². The van der Waals surface area contributed by atoms with Crippen molar-refractivity contribution in [3.8, 4) is 0 Å². The first kappa shape index (κ1) is 39.1. The summed E-state index contributed by atoms with van der Waals surface area (Å²) in [6, 6.07) is -0.0142. The molecule has 0 saturated carbocycles. The van der Waals surface area contributed by atoms with Crippen molar-refractivity contribution < 1.29 is 14.3 Å². The number of hydrogen-bond donors (Lipinski definition) is 1. The molecule has 0 fully saturated rings. The molecule has 0 spiro atoms. The maximum absolute atomic E-state index is 12.2. The molecule has 0 aliphatic rings. The summed E-state index contributed by atoms with van der Waals surface area (Å²) in [6.07, 6.45) is 20.5. The molecule has 6 heteroatoms. The SMILES string of the molecule is C=CCC(CC=NCC(/C=C\C(=C\C)OCCOC)=C\C)NC(=O)CC/C=C\C(Cl)=C/CC.CC.CC. The maximum Gasteiger partial charge on any atom is 0.220 e. The Morgan fingerprint density at radius 3 is 2.32 bits per heavy atom. The molecule has 0 heterocycles. The van der Waals surface area contributed by atoms with Crippen molar-refractivity contribution in [1.29, 1.82) is 0 Å². The Kier molecular flexibility index (Phi) is 33.5. The van der Waals surface area contributed by atoms with Gasteiger partial charge in [-0.25, -0.2) is 0 Å². The van der Waals surface area contributed by atoms with Crippen molar-refractivity contribution in [3.05, 3.63) is 71.6 Å². The zero-order chi connectivity index (χ0) is 28.7. The molecule has 37 heavy (non-hydrogen) atoms. The lowest BCUT2D eigenvalue weighted by Crippen LogP contribution is -2.34. The molecule has 0 aliphatic heterocycles. The highest BCUT2D eigenvalue weighted by atomic mass is 35.5. The van der Waals surface area contributed by atoms with Gasteiger partial charge in [0.1, 0.15) is 12.4 Å². The van der Waals surface area contributed by atoms with Crippen molar-refractivity contribution in [1.82, 2.24) is 5.32 Å². The molecular formula is C31H53ClN2O3. The van der Waals surface area contributed by atoms with Crippen LogP contribution in [0.1, 0.15) is 80.6 Å². The molecule has 0 aromatic rings. The highest BCUT2D eigenvalue weighted by molar-refractivity contribution is 6.31. The van der Waals surface area contributed by atoms with Crippen LogP contribution < -0.4 is 5.32 Å². The smallest absolute Gasteiger partial charge is 0.220 e. The minimum Gasteiger partial charge on any atom is -0.492 e. The fraction of sp³-hybridized carbons (Fsp3) is 0.548. The van der Waals surface area contributed by atoms with Crippen LogP contribution in [0.15, 0.2) is 76.5 Å². The van der Waals surface area contributed by atoms with Gasteiger partial charge in [-0.3, -0.25) is 9.79 Å². The summed E-state index contributed by atoms with van der Waals surface area (Å²) in [7, 11) is 1.65. The molecule has 0 bridgehead atoms. The van der Waals surface area contributed by atoms with E-state index in [0.717, 1.165) is 17.8 Å². The molecule has 0 aliphatic carbocycles. The number of allylic oxidation sites excluding steroid dienone is 7. The van der Waals surface area contributed by atoms with E-state index in [1.165, 1.54) is 0 Å². The van der Waals surface area contributed by atoms with Crippen LogP contribution >= 0.6 is 11.6 Å². The number of ether oxygens (including phenoxy) is 2. The van der Waals surface area contributed by atoms with Gasteiger partial charge in [0.2, 0.25) is 5.91 Å². The van der Waals surface area contributed by atoms with E-state index in [4.69, 9.17) is 21.1 Å². The first-order chi connectivity index (χ1) is 18.0. The Morgan fingerprint density at radius 2 is 1.76 bits per heavy atom. The summed E-state index contributed by atoms with van der Waals surface area (Å²) in [4.78, 5) is 16.8. The lowest BCUT2D eigenvalue weighted by molar-refractivity contribution is -0.121. The van der Waals surface area contributed by atoms with Crippen molar-refractivity contribution in [2.45, 2.75) is 86.6 Å². The van der Waals surface area contributed by atoms with Crippen LogP contribution in [0.25, 0.3) is 0 Å². The van der Waals surface area contributed by atoms with Gasteiger partial charge in [0.15, 0.2) is 0 Å². The predicted molar refractivity (Wildman–Crippen MR) is 164 cm³/mol. The van der Waals surface area contributed by atoms with E-state index < -0.39 is 0 Å². The number of nitrogens with one attached hydrogen (secondary N) is 1. The number of rotatable bonds is 18. The monoisotopic (exact) mass is 536 g/mol. The van der Waals surface area contributed by atoms with Crippen LogP contribution in [0, 0.1) is 0 Å². The molecule has 212 valence electrons. The van der Waals surface area contributed by atoms with Crippen molar-refractivity contribution in [2.75, 3.05) is 26.9 Å². The number of carbonyl (C=O) groups excluding carboxylic acids is 1. The van der Waals surface area contributed by atoms with Crippen LogP contribution in [0.5, 0.6) is 0 Å². The van der Waals surface area contributed by atoms with Gasteiger partial charge in [0.05, 0.1) is 13.2 Å². The first-order valence-electron chi connectivity index (χ1n) is 13.5. The lowest BCUT2D eigenvalue weighted by Gasteiger charge is -2.14. The lowest BCUT2D eigenvalue weighted by atomic mass is 10.1. The molecule has 1 N–H and O–H groups in total. The van der Waals surface area contributed by atoms with Crippen molar-refractivity contribution in [3.63, 3.8) is 0 Å². The second-order valence-electron chi connectivity index (χ2n) is 7.22. The van der Waals surface area contributed by atoms with Gasteiger partial charge < -0.3 is 14.8 Å². The van der Waals surface area contributed by atoms with E-state index in [1.807, 2.05) is 103 Å². The summed E-state index contributed by atoms with van der Waals surface area (Å²) < 4.78 is 10.6. The topological polar surface area (TPSA) is 59.9 Å². The van der Waals surface area contributed by atoms with Crippen LogP contribution in [-0.2, 0) is 14.3 Å². The minimum absolute atomic E-state index is 0.0138. The Labute approximate surface area is 233 Å². The average Bonchev–Trinajstić information content (AvgIpc) is 2.92. The molecule has 1 amide bonds. The number of carbonyl (C=O) groups is 1. The quantitative estimate of drug-likeness (QED) is 0.0627. The van der Waals surface area contributed by atoms with E-state index in [1.54, 1.807) is 7.11 Å². The molecule has 0 aromatic carbocycles. The Bertz CT molecular complexity index is 735. The van der Waals surface area contributed by atoms with E-state index in [-0.39, 0.29) is 11.9 Å². The van der Waals surface area contributed by atoms with Gasteiger partial charge in [-0.2, -0.15) is 0 Å². The molecule has 0 rings (SSSR count). The Morgan fingerprint density at radius 1 is 1.05 bits per heavy atom. The van der Waals surface area contributed by atoms with Crippen molar-refractivity contribution in [2.24, 2.45) is 4.99 Å². The number of methoxy groups -OCH3 is 1. The Balaban J connectivity index is -0.00000274. The normalized spacial score (nSPS) is 13.2. The van der Waals surface area contributed by atoms with Crippen LogP contribution in [-0.4, -0.2) is 45.0 Å². The molecule has 0 saturated heterocycles. The number of nitrogens with zero attached hydrogens (tertiary/aromatic N) is 1. The van der Waals surface area contributed by atoms with Crippen LogP contribution in [0.2, 0.25) is 0 Å². The second kappa shape index (κ2) is 31.7. The molecular weight excluding hydrogens is 484 g/mol. The van der Waals surface area contributed by atoms with Gasteiger partial charge in [0, 0.05) is 37.2 Å².